The molecule has 2 aromatic carbocycles. The molecular formula is C17H19BrN2. The summed E-state index contributed by atoms with van der Waals surface area (Å²) >= 11 is 3.57. The van der Waals surface area contributed by atoms with Gasteiger partial charge in [-0.2, -0.15) is 0 Å². The highest BCUT2D eigenvalue weighted by Crippen LogP contribution is 2.38. The van der Waals surface area contributed by atoms with Gasteiger partial charge in [0.2, 0.25) is 0 Å². The molecule has 1 aliphatic rings. The highest BCUT2D eigenvalue weighted by Gasteiger charge is 2.26. The Balaban J connectivity index is 2.00. The molecule has 1 heterocycles. The van der Waals surface area contributed by atoms with Gasteiger partial charge in [0.1, 0.15) is 0 Å². The molecule has 0 saturated carbocycles. The van der Waals surface area contributed by atoms with Crippen molar-refractivity contribution in [3.05, 3.63) is 58.6 Å². The van der Waals surface area contributed by atoms with Gasteiger partial charge in [0.15, 0.2) is 0 Å². The zero-order valence-corrected chi connectivity index (χ0v) is 13.4. The van der Waals surface area contributed by atoms with E-state index in [2.05, 4.69) is 88.5 Å². The fourth-order valence-electron chi connectivity index (χ4n) is 2.77. The Morgan fingerprint density at radius 1 is 1.15 bits per heavy atom. The van der Waals surface area contributed by atoms with Crippen molar-refractivity contribution in [3.63, 3.8) is 0 Å². The lowest BCUT2D eigenvalue weighted by Crippen LogP contribution is -2.40. The topological polar surface area (TPSA) is 15.3 Å². The summed E-state index contributed by atoms with van der Waals surface area (Å²) in [5, 5.41) is 3.67. The number of fused-ring (bicyclic) bond motifs is 1. The van der Waals surface area contributed by atoms with Crippen LogP contribution in [-0.4, -0.2) is 12.6 Å². The zero-order valence-electron chi connectivity index (χ0n) is 11.8. The molecule has 0 unspecified atom stereocenters. The quantitative estimate of drug-likeness (QED) is 0.848. The second-order valence-electron chi connectivity index (χ2n) is 5.52. The van der Waals surface area contributed by atoms with Gasteiger partial charge in [-0.1, -0.05) is 46.3 Å². The maximum atomic E-state index is 3.67. The molecule has 0 radical (unpaired) electrons. The van der Waals surface area contributed by atoms with Crippen molar-refractivity contribution in [1.29, 1.82) is 0 Å². The van der Waals surface area contributed by atoms with Crippen LogP contribution in [0.5, 0.6) is 0 Å². The Bertz CT molecular complexity index is 595. The molecule has 2 aromatic rings. The number of anilines is 2. The molecule has 0 amide bonds. The minimum atomic E-state index is 0.334. The predicted molar refractivity (Wildman–Crippen MR) is 89.4 cm³/mol. The van der Waals surface area contributed by atoms with Gasteiger partial charge in [0, 0.05) is 17.1 Å². The molecule has 3 rings (SSSR count). The summed E-state index contributed by atoms with van der Waals surface area (Å²) in [6.07, 6.45) is 0. The molecule has 20 heavy (non-hydrogen) atoms. The van der Waals surface area contributed by atoms with Crippen LogP contribution in [0.4, 0.5) is 11.4 Å². The van der Waals surface area contributed by atoms with E-state index in [9.17, 15) is 0 Å². The molecule has 0 aromatic heterocycles. The monoisotopic (exact) mass is 330 g/mol. The largest absolute Gasteiger partial charge is 0.375 e. The van der Waals surface area contributed by atoms with Crippen LogP contribution < -0.4 is 10.2 Å². The Hall–Kier alpha value is -1.48. The summed E-state index contributed by atoms with van der Waals surface area (Å²) in [6, 6.07) is 17.9. The first-order chi connectivity index (χ1) is 9.65. The summed E-state index contributed by atoms with van der Waals surface area (Å²) in [6.45, 7) is 5.49. The highest BCUT2D eigenvalue weighted by atomic mass is 79.9. The van der Waals surface area contributed by atoms with Crippen LogP contribution in [0.15, 0.2) is 53.0 Å². The van der Waals surface area contributed by atoms with Crippen LogP contribution in [0, 0.1) is 0 Å². The molecule has 0 spiro atoms. The summed E-state index contributed by atoms with van der Waals surface area (Å²) in [5.74, 6) is 0. The number of nitrogens with zero attached hydrogens (tertiary/aromatic N) is 1. The minimum Gasteiger partial charge on any atom is -0.375 e. The number of nitrogens with one attached hydrogen (secondary N) is 1. The van der Waals surface area contributed by atoms with E-state index in [0.29, 0.717) is 12.1 Å². The molecule has 1 atom stereocenters. The lowest BCUT2D eigenvalue weighted by molar-refractivity contribution is 0.617. The molecule has 1 N–H and O–H groups in total. The summed E-state index contributed by atoms with van der Waals surface area (Å²) in [7, 11) is 0. The first-order valence-electron chi connectivity index (χ1n) is 7.03. The average molecular weight is 331 g/mol. The maximum Gasteiger partial charge on any atom is 0.0689 e. The number of hydrogen-bond acceptors (Lipinski definition) is 2. The van der Waals surface area contributed by atoms with Crippen LogP contribution in [-0.2, 0) is 0 Å². The number of benzene rings is 2. The van der Waals surface area contributed by atoms with Crippen LogP contribution in [0.2, 0.25) is 0 Å². The lowest BCUT2D eigenvalue weighted by atomic mass is 10.0. The average Bonchev–Trinajstić information content (AvgIpc) is 2.46. The SMILES string of the molecule is CC(C)N1C[C@H](c2ccccc2)Nc2cc(Br)ccc21. The third kappa shape index (κ3) is 2.55. The first kappa shape index (κ1) is 13.5. The van der Waals surface area contributed by atoms with Crippen molar-refractivity contribution in [2.45, 2.75) is 25.9 Å². The molecule has 0 saturated heterocycles. The summed E-state index contributed by atoms with van der Waals surface area (Å²) < 4.78 is 1.11. The second kappa shape index (κ2) is 5.49. The highest BCUT2D eigenvalue weighted by molar-refractivity contribution is 9.10. The Kier molecular flexibility index (Phi) is 3.70. The summed E-state index contributed by atoms with van der Waals surface area (Å²) in [5.41, 5.74) is 3.83. The van der Waals surface area contributed by atoms with Crippen molar-refractivity contribution in [1.82, 2.24) is 0 Å². The Morgan fingerprint density at radius 3 is 2.60 bits per heavy atom. The van der Waals surface area contributed by atoms with Crippen LogP contribution in [0.1, 0.15) is 25.5 Å². The second-order valence-corrected chi connectivity index (χ2v) is 6.43. The van der Waals surface area contributed by atoms with E-state index < -0.39 is 0 Å². The van der Waals surface area contributed by atoms with Crippen molar-refractivity contribution in [3.8, 4) is 0 Å². The number of halogens is 1. The zero-order chi connectivity index (χ0) is 14.1. The van der Waals surface area contributed by atoms with E-state index in [4.69, 9.17) is 0 Å². The van der Waals surface area contributed by atoms with Gasteiger partial charge < -0.3 is 10.2 Å². The van der Waals surface area contributed by atoms with Crippen molar-refractivity contribution >= 4 is 27.3 Å². The fraction of sp³-hybridized carbons (Fsp3) is 0.294. The van der Waals surface area contributed by atoms with Crippen LogP contribution in [0.3, 0.4) is 0 Å². The molecule has 0 aliphatic carbocycles. The lowest BCUT2D eigenvalue weighted by Gasteiger charge is -2.40. The maximum absolute atomic E-state index is 3.67. The van der Waals surface area contributed by atoms with E-state index in [-0.39, 0.29) is 0 Å². The molecule has 0 bridgehead atoms. The molecule has 2 nitrogen and oxygen atoms in total. The van der Waals surface area contributed by atoms with Crippen LogP contribution in [0.25, 0.3) is 0 Å². The van der Waals surface area contributed by atoms with E-state index in [1.54, 1.807) is 0 Å². The van der Waals surface area contributed by atoms with Crippen molar-refractivity contribution < 1.29 is 0 Å². The third-order valence-corrected chi connectivity index (χ3v) is 4.30. The molecule has 0 fully saturated rings. The predicted octanol–water partition coefficient (Wildman–Crippen LogP) is 4.83. The van der Waals surface area contributed by atoms with Crippen molar-refractivity contribution in [2.24, 2.45) is 0 Å². The minimum absolute atomic E-state index is 0.334. The first-order valence-corrected chi connectivity index (χ1v) is 7.82. The number of hydrogen-bond donors (Lipinski definition) is 1. The van der Waals surface area contributed by atoms with Gasteiger partial charge in [-0.15, -0.1) is 0 Å². The van der Waals surface area contributed by atoms with Crippen molar-refractivity contribution in [2.75, 3.05) is 16.8 Å². The van der Waals surface area contributed by atoms with Crippen LogP contribution >= 0.6 is 15.9 Å². The van der Waals surface area contributed by atoms with Gasteiger partial charge in [-0.25, -0.2) is 0 Å². The molecular weight excluding hydrogens is 312 g/mol. The summed E-state index contributed by atoms with van der Waals surface area (Å²) in [4.78, 5) is 2.47. The van der Waals surface area contributed by atoms with E-state index >= 15 is 0 Å². The van der Waals surface area contributed by atoms with Gasteiger partial charge in [-0.3, -0.25) is 0 Å². The molecule has 104 valence electrons. The normalized spacial score (nSPS) is 17.8. The van der Waals surface area contributed by atoms with E-state index in [1.165, 1.54) is 16.9 Å². The third-order valence-electron chi connectivity index (χ3n) is 3.80. The molecule has 1 aliphatic heterocycles. The smallest absolute Gasteiger partial charge is 0.0689 e. The Labute approximate surface area is 128 Å². The molecule has 3 heteroatoms. The van der Waals surface area contributed by atoms with Gasteiger partial charge in [0.05, 0.1) is 17.4 Å². The van der Waals surface area contributed by atoms with Gasteiger partial charge in [0.25, 0.3) is 0 Å². The van der Waals surface area contributed by atoms with Gasteiger partial charge >= 0.3 is 0 Å². The van der Waals surface area contributed by atoms with E-state index in [0.717, 1.165) is 11.0 Å². The fourth-order valence-corrected chi connectivity index (χ4v) is 3.13. The van der Waals surface area contributed by atoms with Gasteiger partial charge in [-0.05, 0) is 37.6 Å². The standard InChI is InChI=1S/C17H19BrN2/c1-12(2)20-11-16(13-6-4-3-5-7-13)19-15-10-14(18)8-9-17(15)20/h3-10,12,16,19H,11H2,1-2H3/t16-/m1/s1. The Morgan fingerprint density at radius 2 is 1.90 bits per heavy atom. The van der Waals surface area contributed by atoms with E-state index in [1.807, 2.05) is 0 Å². The number of rotatable bonds is 2.